The summed E-state index contributed by atoms with van der Waals surface area (Å²) >= 11 is 5.73. The van der Waals surface area contributed by atoms with E-state index in [2.05, 4.69) is 15.6 Å². The Morgan fingerprint density at radius 2 is 2.41 bits per heavy atom. The fraction of sp³-hybridized carbons (Fsp3) is 0.455. The first-order valence-electron chi connectivity index (χ1n) is 5.37. The molecule has 0 bridgehead atoms. The van der Waals surface area contributed by atoms with E-state index in [1.807, 2.05) is 0 Å². The van der Waals surface area contributed by atoms with Crippen molar-refractivity contribution in [2.24, 2.45) is 0 Å². The number of halogens is 1. The van der Waals surface area contributed by atoms with Crippen molar-refractivity contribution in [2.45, 2.75) is 12.1 Å². The molecule has 1 aromatic rings. The van der Waals surface area contributed by atoms with Crippen molar-refractivity contribution in [1.82, 2.24) is 15.6 Å². The summed E-state index contributed by atoms with van der Waals surface area (Å²) in [5.41, 5.74) is 0.319. The zero-order valence-electron chi connectivity index (χ0n) is 9.44. The summed E-state index contributed by atoms with van der Waals surface area (Å²) in [6.45, 7) is 1.44. The maximum absolute atomic E-state index is 11.9. The number of carbonyl (C=O) groups is 1. The fourth-order valence-corrected chi connectivity index (χ4v) is 1.99. The number of pyridine rings is 1. The molecule has 1 fully saturated rings. The number of hydrogen-bond donors (Lipinski definition) is 2. The first-order valence-corrected chi connectivity index (χ1v) is 5.75. The van der Waals surface area contributed by atoms with Gasteiger partial charge in [0.25, 0.3) is 5.91 Å². The van der Waals surface area contributed by atoms with Crippen LogP contribution in [0.5, 0.6) is 0 Å². The van der Waals surface area contributed by atoms with E-state index in [0.29, 0.717) is 17.4 Å². The molecular formula is C11H14ClN3O2. The average molecular weight is 256 g/mol. The second-order valence-corrected chi connectivity index (χ2v) is 4.25. The predicted octanol–water partition coefficient (Wildman–Crippen LogP) is 0.452. The minimum atomic E-state index is -0.233. The molecule has 6 heteroatoms. The van der Waals surface area contributed by atoms with Crippen molar-refractivity contribution < 1.29 is 9.53 Å². The number of hydrogen-bond acceptors (Lipinski definition) is 4. The summed E-state index contributed by atoms with van der Waals surface area (Å²) in [7, 11) is 1.63. The standard InChI is InChI=1S/C11H14ClN3O2/c1-17-9-6-13-5-8(9)15-11(16)7-3-2-4-10(12)14-7/h2-4,8-9,13H,5-6H2,1H3,(H,15,16)/t8-,9+/m1/s1. The van der Waals surface area contributed by atoms with Crippen molar-refractivity contribution in [1.29, 1.82) is 0 Å². The third kappa shape index (κ3) is 2.94. The van der Waals surface area contributed by atoms with Crippen molar-refractivity contribution in [3.05, 3.63) is 29.0 Å². The predicted molar refractivity (Wildman–Crippen MR) is 64.2 cm³/mol. The van der Waals surface area contributed by atoms with E-state index < -0.39 is 0 Å². The molecule has 0 saturated carbocycles. The lowest BCUT2D eigenvalue weighted by Crippen LogP contribution is -2.43. The lowest BCUT2D eigenvalue weighted by atomic mass is 10.2. The van der Waals surface area contributed by atoms with Crippen LogP contribution in [0.15, 0.2) is 18.2 Å². The van der Waals surface area contributed by atoms with Gasteiger partial charge in [-0.15, -0.1) is 0 Å². The zero-order chi connectivity index (χ0) is 12.3. The molecule has 0 aromatic carbocycles. The fourth-order valence-electron chi connectivity index (χ4n) is 1.82. The Hall–Kier alpha value is -1.17. The summed E-state index contributed by atoms with van der Waals surface area (Å²) < 4.78 is 5.26. The first-order chi connectivity index (χ1) is 8.20. The van der Waals surface area contributed by atoms with Crippen molar-refractivity contribution >= 4 is 17.5 Å². The summed E-state index contributed by atoms with van der Waals surface area (Å²) in [5.74, 6) is -0.233. The normalized spacial score (nSPS) is 23.6. The van der Waals surface area contributed by atoms with Crippen LogP contribution < -0.4 is 10.6 Å². The molecule has 2 N–H and O–H groups in total. The highest BCUT2D eigenvalue weighted by molar-refractivity contribution is 6.29. The second-order valence-electron chi connectivity index (χ2n) is 3.86. The van der Waals surface area contributed by atoms with Crippen LogP contribution in [0.3, 0.4) is 0 Å². The molecule has 92 valence electrons. The number of rotatable bonds is 3. The van der Waals surface area contributed by atoms with Gasteiger partial charge in [-0.1, -0.05) is 17.7 Å². The Kier molecular flexibility index (Phi) is 3.93. The SMILES string of the molecule is CO[C@H]1CNC[C@H]1NC(=O)c1cccc(Cl)n1. The number of aromatic nitrogens is 1. The van der Waals surface area contributed by atoms with E-state index in [4.69, 9.17) is 16.3 Å². The lowest BCUT2D eigenvalue weighted by molar-refractivity contribution is 0.0776. The number of methoxy groups -OCH3 is 1. The van der Waals surface area contributed by atoms with Crippen molar-refractivity contribution in [3.63, 3.8) is 0 Å². The van der Waals surface area contributed by atoms with Crippen LogP contribution in [0.2, 0.25) is 5.15 Å². The molecule has 0 unspecified atom stereocenters. The van der Waals surface area contributed by atoms with E-state index in [1.165, 1.54) is 0 Å². The van der Waals surface area contributed by atoms with Crippen LogP contribution in [-0.2, 0) is 4.74 Å². The summed E-state index contributed by atoms with van der Waals surface area (Å²) in [6, 6.07) is 4.93. The summed E-state index contributed by atoms with van der Waals surface area (Å²) in [6.07, 6.45) is -0.00173. The monoisotopic (exact) mass is 255 g/mol. The van der Waals surface area contributed by atoms with Crippen molar-refractivity contribution in [3.8, 4) is 0 Å². The number of nitrogens with one attached hydrogen (secondary N) is 2. The van der Waals surface area contributed by atoms with Gasteiger partial charge >= 0.3 is 0 Å². The van der Waals surface area contributed by atoms with Gasteiger partial charge in [0.05, 0.1) is 12.1 Å². The minimum Gasteiger partial charge on any atom is -0.378 e. The number of amides is 1. The molecule has 0 spiro atoms. The molecule has 2 rings (SSSR count). The van der Waals surface area contributed by atoms with Crippen LogP contribution in [0, 0.1) is 0 Å². The van der Waals surface area contributed by atoms with Gasteiger partial charge in [0, 0.05) is 20.2 Å². The molecule has 1 aliphatic heterocycles. The Balaban J connectivity index is 2.01. The largest absolute Gasteiger partial charge is 0.378 e. The Morgan fingerprint density at radius 3 is 3.12 bits per heavy atom. The van der Waals surface area contributed by atoms with Gasteiger partial charge in [0.1, 0.15) is 10.8 Å². The smallest absolute Gasteiger partial charge is 0.270 e. The third-order valence-electron chi connectivity index (χ3n) is 2.73. The molecule has 2 atom stereocenters. The third-order valence-corrected chi connectivity index (χ3v) is 2.94. The van der Waals surface area contributed by atoms with Crippen LogP contribution in [0.25, 0.3) is 0 Å². The van der Waals surface area contributed by atoms with E-state index in [-0.39, 0.29) is 18.1 Å². The second kappa shape index (κ2) is 5.44. The molecule has 1 saturated heterocycles. The van der Waals surface area contributed by atoms with Gasteiger partial charge in [0.15, 0.2) is 0 Å². The van der Waals surface area contributed by atoms with Gasteiger partial charge in [-0.25, -0.2) is 4.98 Å². The summed E-state index contributed by atoms with van der Waals surface area (Å²) in [4.78, 5) is 15.9. The van der Waals surface area contributed by atoms with Gasteiger partial charge < -0.3 is 15.4 Å². The van der Waals surface area contributed by atoms with E-state index in [1.54, 1.807) is 25.3 Å². The maximum Gasteiger partial charge on any atom is 0.270 e. The van der Waals surface area contributed by atoms with Gasteiger partial charge in [-0.3, -0.25) is 4.79 Å². The topological polar surface area (TPSA) is 63.2 Å². The van der Waals surface area contributed by atoms with Gasteiger partial charge in [-0.05, 0) is 12.1 Å². The molecule has 2 heterocycles. The van der Waals surface area contributed by atoms with E-state index >= 15 is 0 Å². The molecule has 5 nitrogen and oxygen atoms in total. The van der Waals surface area contributed by atoms with Crippen LogP contribution >= 0.6 is 11.6 Å². The van der Waals surface area contributed by atoms with Gasteiger partial charge in [-0.2, -0.15) is 0 Å². The molecule has 1 amide bonds. The number of carbonyl (C=O) groups excluding carboxylic acids is 1. The quantitative estimate of drug-likeness (QED) is 0.770. The number of nitrogens with zero attached hydrogens (tertiary/aromatic N) is 1. The number of ether oxygens (including phenoxy) is 1. The minimum absolute atomic E-state index is 0.00173. The maximum atomic E-state index is 11.9. The molecular weight excluding hydrogens is 242 g/mol. The zero-order valence-corrected chi connectivity index (χ0v) is 10.2. The molecule has 17 heavy (non-hydrogen) atoms. The first kappa shape index (κ1) is 12.3. The average Bonchev–Trinajstić information content (AvgIpc) is 2.76. The highest BCUT2D eigenvalue weighted by atomic mass is 35.5. The highest BCUT2D eigenvalue weighted by Crippen LogP contribution is 2.07. The van der Waals surface area contributed by atoms with E-state index in [0.717, 1.165) is 6.54 Å². The molecule has 1 aromatic heterocycles. The Bertz CT molecular complexity index is 413. The Morgan fingerprint density at radius 1 is 1.59 bits per heavy atom. The van der Waals surface area contributed by atoms with Crippen LogP contribution in [-0.4, -0.2) is 43.2 Å². The Labute approximate surface area is 105 Å². The summed E-state index contributed by atoms with van der Waals surface area (Å²) in [5, 5.41) is 6.34. The molecule has 0 radical (unpaired) electrons. The molecule has 0 aliphatic carbocycles. The van der Waals surface area contributed by atoms with E-state index in [9.17, 15) is 4.79 Å². The molecule has 1 aliphatic rings. The van der Waals surface area contributed by atoms with Crippen LogP contribution in [0.1, 0.15) is 10.5 Å². The lowest BCUT2D eigenvalue weighted by Gasteiger charge is -2.18. The van der Waals surface area contributed by atoms with Gasteiger partial charge in [0.2, 0.25) is 0 Å². The highest BCUT2D eigenvalue weighted by Gasteiger charge is 2.28. The van der Waals surface area contributed by atoms with Crippen LogP contribution in [0.4, 0.5) is 0 Å². The van der Waals surface area contributed by atoms with Crippen molar-refractivity contribution in [2.75, 3.05) is 20.2 Å².